The van der Waals surface area contributed by atoms with Gasteiger partial charge in [-0.05, 0) is 49.9 Å². The molecule has 138 valence electrons. The first-order chi connectivity index (χ1) is 12.0. The van der Waals surface area contributed by atoms with Gasteiger partial charge < -0.3 is 15.0 Å². The molecule has 0 unspecified atom stereocenters. The molecule has 7 heteroatoms. The van der Waals surface area contributed by atoms with E-state index in [9.17, 15) is 9.18 Å². The zero-order chi connectivity index (χ0) is 18.2. The summed E-state index contributed by atoms with van der Waals surface area (Å²) in [5.74, 6) is 0.466. The number of ether oxygens (including phenoxy) is 1. The fourth-order valence-electron chi connectivity index (χ4n) is 2.96. The van der Waals surface area contributed by atoms with Crippen molar-refractivity contribution in [2.75, 3.05) is 33.3 Å². The van der Waals surface area contributed by atoms with Gasteiger partial charge in [-0.2, -0.15) is 0 Å². The number of benzene rings is 1. The summed E-state index contributed by atoms with van der Waals surface area (Å²) >= 11 is 3.36. The molecular weight excluding hydrogens is 389 g/mol. The number of halogens is 2. The van der Waals surface area contributed by atoms with Crippen LogP contribution in [0, 0.1) is 11.7 Å². The van der Waals surface area contributed by atoms with E-state index in [0.29, 0.717) is 25.1 Å². The Kier molecular flexibility index (Phi) is 7.68. The number of likely N-dealkylation sites (tertiary alicyclic amines) is 1. The van der Waals surface area contributed by atoms with Crippen molar-refractivity contribution in [3.05, 3.63) is 34.1 Å². The first-order valence-electron chi connectivity index (χ1n) is 8.61. The Bertz CT molecular complexity index is 616. The average molecular weight is 414 g/mol. The van der Waals surface area contributed by atoms with Crippen molar-refractivity contribution in [2.45, 2.75) is 26.2 Å². The highest BCUT2D eigenvalue weighted by Crippen LogP contribution is 2.19. The van der Waals surface area contributed by atoms with Gasteiger partial charge in [0.05, 0.1) is 12.5 Å². The molecule has 1 fully saturated rings. The summed E-state index contributed by atoms with van der Waals surface area (Å²) in [6, 6.07) is 4.96. The number of hydrogen-bond donors (Lipinski definition) is 1. The molecule has 0 atom stereocenters. The number of guanidine groups is 1. The number of aliphatic imine (C=N–C) groups is 1. The highest BCUT2D eigenvalue weighted by molar-refractivity contribution is 9.10. The highest BCUT2D eigenvalue weighted by Gasteiger charge is 2.27. The van der Waals surface area contributed by atoms with E-state index in [1.165, 1.54) is 6.07 Å². The van der Waals surface area contributed by atoms with Gasteiger partial charge in [-0.3, -0.25) is 9.79 Å². The predicted molar refractivity (Wildman–Crippen MR) is 100 cm³/mol. The van der Waals surface area contributed by atoms with Gasteiger partial charge in [0, 0.05) is 31.2 Å². The predicted octanol–water partition coefficient (Wildman–Crippen LogP) is 2.98. The van der Waals surface area contributed by atoms with Gasteiger partial charge in [-0.25, -0.2) is 4.39 Å². The number of carbonyl (C=O) groups excluding carboxylic acids is 1. The summed E-state index contributed by atoms with van der Waals surface area (Å²) in [4.78, 5) is 18.2. The van der Waals surface area contributed by atoms with Crippen LogP contribution >= 0.6 is 15.9 Å². The van der Waals surface area contributed by atoms with E-state index in [1.807, 2.05) is 6.92 Å². The average Bonchev–Trinajstić information content (AvgIpc) is 2.62. The first-order valence-corrected chi connectivity index (χ1v) is 9.40. The minimum Gasteiger partial charge on any atom is -0.466 e. The number of carbonyl (C=O) groups is 1. The van der Waals surface area contributed by atoms with E-state index in [4.69, 9.17) is 4.74 Å². The molecule has 0 aliphatic carbocycles. The van der Waals surface area contributed by atoms with E-state index in [-0.39, 0.29) is 17.7 Å². The summed E-state index contributed by atoms with van der Waals surface area (Å²) in [7, 11) is 1.74. The molecule has 0 amide bonds. The zero-order valence-corrected chi connectivity index (χ0v) is 16.3. The third-order valence-corrected chi connectivity index (χ3v) is 4.80. The summed E-state index contributed by atoms with van der Waals surface area (Å²) in [6.07, 6.45) is 2.10. The Labute approximate surface area is 156 Å². The fraction of sp³-hybridized carbons (Fsp3) is 0.556. The van der Waals surface area contributed by atoms with Crippen molar-refractivity contribution >= 4 is 27.9 Å². The van der Waals surface area contributed by atoms with Crippen LogP contribution in [-0.4, -0.2) is 50.1 Å². The van der Waals surface area contributed by atoms with Crippen LogP contribution in [0.3, 0.4) is 0 Å². The standard InChI is InChI=1S/C18H25BrFN3O2/c1-3-25-17(24)13-7-10-23(11-8-13)18(21-2)22-9-6-14-12-15(19)4-5-16(14)20/h4-5,12-13H,3,6-11H2,1-2H3,(H,21,22). The summed E-state index contributed by atoms with van der Waals surface area (Å²) in [6.45, 7) is 4.36. The van der Waals surface area contributed by atoms with Crippen molar-refractivity contribution in [3.8, 4) is 0 Å². The number of nitrogens with one attached hydrogen (secondary N) is 1. The molecule has 0 radical (unpaired) electrons. The normalized spacial score (nSPS) is 16.0. The molecule has 0 saturated carbocycles. The van der Waals surface area contributed by atoms with Gasteiger partial charge in [-0.15, -0.1) is 0 Å². The van der Waals surface area contributed by atoms with E-state index >= 15 is 0 Å². The molecule has 2 rings (SSSR count). The Balaban J connectivity index is 1.81. The van der Waals surface area contributed by atoms with Gasteiger partial charge in [0.2, 0.25) is 0 Å². The van der Waals surface area contributed by atoms with Gasteiger partial charge >= 0.3 is 5.97 Å². The zero-order valence-electron chi connectivity index (χ0n) is 14.7. The van der Waals surface area contributed by atoms with Crippen LogP contribution in [-0.2, 0) is 16.0 Å². The van der Waals surface area contributed by atoms with E-state index < -0.39 is 0 Å². The Morgan fingerprint density at radius 2 is 2.16 bits per heavy atom. The minimum absolute atomic E-state index is 0.0231. The Morgan fingerprint density at radius 1 is 1.44 bits per heavy atom. The molecule has 1 aliphatic heterocycles. The molecule has 0 spiro atoms. The maximum absolute atomic E-state index is 13.8. The molecule has 1 N–H and O–H groups in total. The summed E-state index contributed by atoms with van der Waals surface area (Å²) in [5.41, 5.74) is 0.665. The van der Waals surface area contributed by atoms with Crippen molar-refractivity contribution in [1.29, 1.82) is 0 Å². The summed E-state index contributed by atoms with van der Waals surface area (Å²) in [5, 5.41) is 3.28. The molecule has 1 aromatic carbocycles. The molecule has 1 aromatic rings. The van der Waals surface area contributed by atoms with Crippen molar-refractivity contribution < 1.29 is 13.9 Å². The molecule has 5 nitrogen and oxygen atoms in total. The van der Waals surface area contributed by atoms with Crippen LogP contribution < -0.4 is 5.32 Å². The maximum Gasteiger partial charge on any atom is 0.309 e. The molecule has 1 heterocycles. The number of hydrogen-bond acceptors (Lipinski definition) is 3. The van der Waals surface area contributed by atoms with Crippen LogP contribution in [0.15, 0.2) is 27.7 Å². The Morgan fingerprint density at radius 3 is 2.80 bits per heavy atom. The molecule has 1 saturated heterocycles. The third kappa shape index (κ3) is 5.70. The lowest BCUT2D eigenvalue weighted by atomic mass is 9.97. The van der Waals surface area contributed by atoms with Gasteiger partial charge in [0.25, 0.3) is 0 Å². The van der Waals surface area contributed by atoms with Gasteiger partial charge in [0.15, 0.2) is 5.96 Å². The topological polar surface area (TPSA) is 53.9 Å². The van der Waals surface area contributed by atoms with Gasteiger partial charge in [-0.1, -0.05) is 15.9 Å². The smallest absolute Gasteiger partial charge is 0.309 e. The summed E-state index contributed by atoms with van der Waals surface area (Å²) < 4.78 is 19.7. The van der Waals surface area contributed by atoms with Crippen molar-refractivity contribution in [2.24, 2.45) is 10.9 Å². The highest BCUT2D eigenvalue weighted by atomic mass is 79.9. The molecule has 0 aromatic heterocycles. The van der Waals surface area contributed by atoms with E-state index in [0.717, 1.165) is 36.4 Å². The molecule has 1 aliphatic rings. The number of rotatable bonds is 5. The van der Waals surface area contributed by atoms with Crippen LogP contribution in [0.1, 0.15) is 25.3 Å². The number of esters is 1. The Hall–Kier alpha value is -1.63. The largest absolute Gasteiger partial charge is 0.466 e. The number of nitrogens with zero attached hydrogens (tertiary/aromatic N) is 2. The van der Waals surface area contributed by atoms with Crippen molar-refractivity contribution in [3.63, 3.8) is 0 Å². The maximum atomic E-state index is 13.8. The lowest BCUT2D eigenvalue weighted by Crippen LogP contribution is -2.47. The monoisotopic (exact) mass is 413 g/mol. The van der Waals surface area contributed by atoms with Crippen molar-refractivity contribution in [1.82, 2.24) is 10.2 Å². The van der Waals surface area contributed by atoms with Crippen LogP contribution in [0.25, 0.3) is 0 Å². The lowest BCUT2D eigenvalue weighted by molar-refractivity contribution is -0.149. The molecular formula is C18H25BrFN3O2. The SMILES string of the molecule is CCOC(=O)C1CCN(C(=NC)NCCc2cc(Br)ccc2F)CC1. The molecule has 25 heavy (non-hydrogen) atoms. The van der Waals surface area contributed by atoms with E-state index in [1.54, 1.807) is 19.2 Å². The minimum atomic E-state index is -0.199. The second kappa shape index (κ2) is 9.75. The van der Waals surface area contributed by atoms with Gasteiger partial charge in [0.1, 0.15) is 5.82 Å². The third-order valence-electron chi connectivity index (χ3n) is 4.31. The molecule has 0 bridgehead atoms. The fourth-order valence-corrected chi connectivity index (χ4v) is 3.37. The lowest BCUT2D eigenvalue weighted by Gasteiger charge is -2.33. The van der Waals surface area contributed by atoms with Crippen LogP contribution in [0.2, 0.25) is 0 Å². The second-order valence-electron chi connectivity index (χ2n) is 5.97. The quantitative estimate of drug-likeness (QED) is 0.457. The van der Waals surface area contributed by atoms with E-state index in [2.05, 4.69) is 31.1 Å². The van der Waals surface area contributed by atoms with Crippen LogP contribution in [0.5, 0.6) is 0 Å². The van der Waals surface area contributed by atoms with Crippen LogP contribution in [0.4, 0.5) is 4.39 Å². The first kappa shape index (κ1) is 19.7. The second-order valence-corrected chi connectivity index (χ2v) is 6.89. The number of piperidine rings is 1.